The molecule has 1 atom stereocenters. The van der Waals surface area contributed by atoms with Crippen LogP contribution in [0.1, 0.15) is 22.0 Å². The molecule has 4 nitrogen and oxygen atoms in total. The minimum Gasteiger partial charge on any atom is -0.478 e. The molecule has 0 fully saturated rings. The van der Waals surface area contributed by atoms with Gasteiger partial charge in [0, 0.05) is 17.6 Å². The molecule has 0 aliphatic rings. The van der Waals surface area contributed by atoms with E-state index in [1.807, 2.05) is 0 Å². The molecule has 0 heterocycles. The Bertz CT molecular complexity index is 355. The van der Waals surface area contributed by atoms with Crippen molar-refractivity contribution in [3.8, 4) is 0 Å². The third-order valence-electron chi connectivity index (χ3n) is 1.90. The predicted octanol–water partition coefficient (Wildman–Crippen LogP) is 0.997. The monoisotopic (exact) mass is 214 g/mol. The highest BCUT2D eigenvalue weighted by Gasteiger charge is 2.14. The highest BCUT2D eigenvalue weighted by molar-refractivity contribution is 6.30. The van der Waals surface area contributed by atoms with Crippen LogP contribution in [0.25, 0.3) is 0 Å². The molecule has 0 amide bonds. The maximum Gasteiger partial charge on any atom is 0.336 e. The van der Waals surface area contributed by atoms with Crippen molar-refractivity contribution in [3.63, 3.8) is 0 Å². The van der Waals surface area contributed by atoms with Gasteiger partial charge in [-0.05, 0) is 17.7 Å². The Morgan fingerprint density at radius 1 is 1.57 bits per heavy atom. The number of carboxylic acids is 1. The lowest BCUT2D eigenvalue weighted by Crippen LogP contribution is -2.23. The Balaban J connectivity index is 3.21. The molecule has 0 unspecified atom stereocenters. The molecular formula is C9H11ClN2O2. The first-order valence-electron chi connectivity index (χ1n) is 4.04. The van der Waals surface area contributed by atoms with Crippen molar-refractivity contribution in [3.05, 3.63) is 34.3 Å². The van der Waals surface area contributed by atoms with Gasteiger partial charge in [-0.1, -0.05) is 17.7 Å². The second kappa shape index (κ2) is 4.41. The Morgan fingerprint density at radius 2 is 2.21 bits per heavy atom. The van der Waals surface area contributed by atoms with Crippen molar-refractivity contribution in [2.75, 3.05) is 6.54 Å². The summed E-state index contributed by atoms with van der Waals surface area (Å²) in [6.45, 7) is 0.196. The van der Waals surface area contributed by atoms with E-state index in [-0.39, 0.29) is 12.1 Å². The van der Waals surface area contributed by atoms with Gasteiger partial charge in [0.05, 0.1) is 5.56 Å². The molecule has 0 saturated heterocycles. The highest BCUT2D eigenvalue weighted by atomic mass is 35.5. The summed E-state index contributed by atoms with van der Waals surface area (Å²) in [6, 6.07) is 4.08. The van der Waals surface area contributed by atoms with Gasteiger partial charge in [0.25, 0.3) is 0 Å². The number of hydrogen-bond acceptors (Lipinski definition) is 3. The molecule has 0 spiro atoms. The fraction of sp³-hybridized carbons (Fsp3) is 0.222. The minimum atomic E-state index is -1.05. The summed E-state index contributed by atoms with van der Waals surface area (Å²) in [5.41, 5.74) is 11.6. The summed E-state index contributed by atoms with van der Waals surface area (Å²) < 4.78 is 0. The van der Waals surface area contributed by atoms with E-state index in [2.05, 4.69) is 0 Å². The summed E-state index contributed by atoms with van der Waals surface area (Å²) in [7, 11) is 0. The van der Waals surface area contributed by atoms with Crippen molar-refractivity contribution in [1.29, 1.82) is 0 Å². The number of hydrogen-bond donors (Lipinski definition) is 3. The van der Waals surface area contributed by atoms with E-state index in [1.165, 1.54) is 6.07 Å². The smallest absolute Gasteiger partial charge is 0.336 e. The first-order valence-corrected chi connectivity index (χ1v) is 4.42. The van der Waals surface area contributed by atoms with Gasteiger partial charge in [-0.2, -0.15) is 0 Å². The first-order chi connectivity index (χ1) is 6.56. The highest BCUT2D eigenvalue weighted by Crippen LogP contribution is 2.20. The molecule has 0 bridgehead atoms. The Morgan fingerprint density at radius 3 is 2.71 bits per heavy atom. The molecule has 0 aliphatic heterocycles. The lowest BCUT2D eigenvalue weighted by atomic mass is 10.0. The van der Waals surface area contributed by atoms with Crippen LogP contribution in [0.2, 0.25) is 5.02 Å². The molecular weight excluding hydrogens is 204 g/mol. The van der Waals surface area contributed by atoms with Crippen molar-refractivity contribution in [2.45, 2.75) is 6.04 Å². The zero-order valence-electron chi connectivity index (χ0n) is 7.40. The number of carbonyl (C=O) groups is 1. The van der Waals surface area contributed by atoms with Crippen LogP contribution in [-0.4, -0.2) is 17.6 Å². The van der Waals surface area contributed by atoms with Gasteiger partial charge in [-0.3, -0.25) is 0 Å². The van der Waals surface area contributed by atoms with Crippen LogP contribution in [0, 0.1) is 0 Å². The average molecular weight is 215 g/mol. The molecule has 5 N–H and O–H groups in total. The van der Waals surface area contributed by atoms with E-state index in [0.29, 0.717) is 10.6 Å². The number of aromatic carboxylic acids is 1. The maximum absolute atomic E-state index is 10.8. The van der Waals surface area contributed by atoms with Gasteiger partial charge in [-0.25, -0.2) is 4.79 Å². The number of carboxylic acid groups (broad SMARTS) is 1. The molecule has 1 aromatic rings. The number of halogens is 1. The van der Waals surface area contributed by atoms with Gasteiger partial charge in [0.1, 0.15) is 0 Å². The van der Waals surface area contributed by atoms with E-state index in [4.69, 9.17) is 28.2 Å². The van der Waals surface area contributed by atoms with Crippen LogP contribution in [-0.2, 0) is 0 Å². The summed E-state index contributed by atoms with van der Waals surface area (Å²) in [4.78, 5) is 10.8. The molecule has 14 heavy (non-hydrogen) atoms. The van der Waals surface area contributed by atoms with Gasteiger partial charge >= 0.3 is 5.97 Å². The summed E-state index contributed by atoms with van der Waals surface area (Å²) in [5, 5.41) is 9.25. The number of rotatable bonds is 3. The van der Waals surface area contributed by atoms with Crippen LogP contribution in [0.4, 0.5) is 0 Å². The van der Waals surface area contributed by atoms with Crippen LogP contribution in [0.3, 0.4) is 0 Å². The summed E-state index contributed by atoms with van der Waals surface area (Å²) >= 11 is 5.67. The van der Waals surface area contributed by atoms with E-state index in [1.54, 1.807) is 12.1 Å². The minimum absolute atomic E-state index is 0.107. The van der Waals surface area contributed by atoms with Gasteiger partial charge < -0.3 is 16.6 Å². The van der Waals surface area contributed by atoms with Crippen LogP contribution >= 0.6 is 11.6 Å². The fourth-order valence-electron chi connectivity index (χ4n) is 1.16. The van der Waals surface area contributed by atoms with Crippen LogP contribution in [0.15, 0.2) is 18.2 Å². The van der Waals surface area contributed by atoms with Crippen molar-refractivity contribution in [2.24, 2.45) is 11.5 Å². The fourth-order valence-corrected chi connectivity index (χ4v) is 1.34. The summed E-state index contributed by atoms with van der Waals surface area (Å²) in [5.74, 6) is -1.05. The number of benzene rings is 1. The van der Waals surface area contributed by atoms with E-state index < -0.39 is 12.0 Å². The molecule has 76 valence electrons. The number of nitrogens with two attached hydrogens (primary N) is 2. The van der Waals surface area contributed by atoms with E-state index in [0.717, 1.165) is 0 Å². The largest absolute Gasteiger partial charge is 0.478 e. The SMILES string of the molecule is NC[C@@H](N)c1ccc(Cl)cc1C(=O)O. The van der Waals surface area contributed by atoms with Crippen molar-refractivity contribution >= 4 is 17.6 Å². The third-order valence-corrected chi connectivity index (χ3v) is 2.13. The molecule has 5 heteroatoms. The lowest BCUT2D eigenvalue weighted by molar-refractivity contribution is 0.0695. The van der Waals surface area contributed by atoms with Gasteiger partial charge in [0.2, 0.25) is 0 Å². The molecule has 1 aromatic carbocycles. The molecule has 0 saturated carbocycles. The van der Waals surface area contributed by atoms with Crippen molar-refractivity contribution < 1.29 is 9.90 Å². The topological polar surface area (TPSA) is 89.3 Å². The molecule has 0 radical (unpaired) electrons. The quantitative estimate of drug-likeness (QED) is 0.700. The Hall–Kier alpha value is -1.10. The van der Waals surface area contributed by atoms with Gasteiger partial charge in [0.15, 0.2) is 0 Å². The molecule has 0 aliphatic carbocycles. The average Bonchev–Trinajstić information content (AvgIpc) is 2.16. The first kappa shape index (κ1) is 11.0. The lowest BCUT2D eigenvalue weighted by Gasteiger charge is -2.12. The Kier molecular flexibility index (Phi) is 3.46. The zero-order chi connectivity index (χ0) is 10.7. The normalized spacial score (nSPS) is 12.5. The third kappa shape index (κ3) is 2.23. The standard InChI is InChI=1S/C9H11ClN2O2/c10-5-1-2-6(8(12)4-11)7(3-5)9(13)14/h1-3,8H,4,11-12H2,(H,13,14)/t8-/m1/s1. The van der Waals surface area contributed by atoms with E-state index >= 15 is 0 Å². The maximum atomic E-state index is 10.8. The van der Waals surface area contributed by atoms with Crippen LogP contribution < -0.4 is 11.5 Å². The van der Waals surface area contributed by atoms with E-state index in [9.17, 15) is 4.79 Å². The molecule has 0 aromatic heterocycles. The molecule has 1 rings (SSSR count). The Labute approximate surface area is 86.5 Å². The predicted molar refractivity (Wildman–Crippen MR) is 54.4 cm³/mol. The van der Waals surface area contributed by atoms with Crippen LogP contribution in [0.5, 0.6) is 0 Å². The second-order valence-electron chi connectivity index (χ2n) is 2.88. The van der Waals surface area contributed by atoms with Crippen molar-refractivity contribution in [1.82, 2.24) is 0 Å². The second-order valence-corrected chi connectivity index (χ2v) is 3.32. The summed E-state index contributed by atoms with van der Waals surface area (Å²) in [6.07, 6.45) is 0. The zero-order valence-corrected chi connectivity index (χ0v) is 8.16. The van der Waals surface area contributed by atoms with Gasteiger partial charge in [-0.15, -0.1) is 0 Å².